The van der Waals surface area contributed by atoms with Gasteiger partial charge >= 0.3 is 5.97 Å². The zero-order valence-corrected chi connectivity index (χ0v) is 12.7. The monoisotopic (exact) mass is 290 g/mol. The van der Waals surface area contributed by atoms with Gasteiger partial charge in [-0.25, -0.2) is 4.79 Å². The molecule has 1 rings (SSSR count). The third kappa shape index (κ3) is 5.30. The number of nitrogens with one attached hydrogen (secondary N) is 1. The molecule has 0 unspecified atom stereocenters. The molecule has 0 bridgehead atoms. The molecule has 1 aromatic carbocycles. The van der Waals surface area contributed by atoms with E-state index in [1.54, 1.807) is 6.08 Å². The Kier molecular flexibility index (Phi) is 6.46. The van der Waals surface area contributed by atoms with Gasteiger partial charge in [-0.2, -0.15) is 0 Å². The summed E-state index contributed by atoms with van der Waals surface area (Å²) in [5, 5.41) is 11.4. The van der Waals surface area contributed by atoms with Crippen LogP contribution in [0.3, 0.4) is 0 Å². The Balaban J connectivity index is 2.89. The number of amides is 1. The van der Waals surface area contributed by atoms with Crippen molar-refractivity contribution in [2.24, 2.45) is 0 Å². The Hall–Kier alpha value is -2.30. The number of likely N-dealkylation sites (N-methyl/N-ethyl adjacent to an activating group) is 2. The Morgan fingerprint density at radius 1 is 1.33 bits per heavy atom. The van der Waals surface area contributed by atoms with Crippen LogP contribution in [0.4, 0.5) is 5.69 Å². The highest BCUT2D eigenvalue weighted by Crippen LogP contribution is 2.20. The molecule has 2 N–H and O–H groups in total. The lowest BCUT2D eigenvalue weighted by atomic mass is 10.1. The summed E-state index contributed by atoms with van der Waals surface area (Å²) in [7, 11) is 0. The van der Waals surface area contributed by atoms with Crippen molar-refractivity contribution >= 4 is 23.6 Å². The largest absolute Gasteiger partial charge is 0.478 e. The predicted octanol–water partition coefficient (Wildman–Crippen LogP) is 2.06. The third-order valence-electron chi connectivity index (χ3n) is 3.11. The second kappa shape index (κ2) is 8.09. The molecule has 0 aliphatic carbocycles. The molecule has 0 radical (unpaired) electrons. The van der Waals surface area contributed by atoms with E-state index in [1.807, 2.05) is 43.9 Å². The normalized spacial score (nSPS) is 10.6. The van der Waals surface area contributed by atoms with E-state index in [4.69, 9.17) is 5.11 Å². The van der Waals surface area contributed by atoms with Gasteiger partial charge in [-0.15, -0.1) is 0 Å². The standard InChI is InChI=1S/C16H22N2O3/c1-4-17-15(19)11-18(5-2)14-8-6-13(12(3)10-14)7-9-16(20)21/h6-10H,4-5,11H2,1-3H3,(H,17,19)(H,20,21). The summed E-state index contributed by atoms with van der Waals surface area (Å²) in [6.45, 7) is 7.46. The molecule has 0 spiro atoms. The first kappa shape index (κ1) is 16.8. The number of aryl methyl sites for hydroxylation is 1. The Morgan fingerprint density at radius 2 is 2.05 bits per heavy atom. The molecule has 0 aromatic heterocycles. The van der Waals surface area contributed by atoms with Crippen LogP contribution >= 0.6 is 0 Å². The van der Waals surface area contributed by atoms with Crippen molar-refractivity contribution in [2.75, 3.05) is 24.5 Å². The minimum atomic E-state index is -0.968. The van der Waals surface area contributed by atoms with E-state index in [0.29, 0.717) is 13.1 Å². The molecule has 0 aliphatic rings. The summed E-state index contributed by atoms with van der Waals surface area (Å²) >= 11 is 0. The van der Waals surface area contributed by atoms with Crippen molar-refractivity contribution in [2.45, 2.75) is 20.8 Å². The average molecular weight is 290 g/mol. The molecule has 0 atom stereocenters. The lowest BCUT2D eigenvalue weighted by Gasteiger charge is -2.23. The van der Waals surface area contributed by atoms with E-state index < -0.39 is 5.97 Å². The Morgan fingerprint density at radius 3 is 2.57 bits per heavy atom. The molecule has 1 amide bonds. The number of carboxylic acid groups (broad SMARTS) is 1. The minimum Gasteiger partial charge on any atom is -0.478 e. The number of carbonyl (C=O) groups is 2. The van der Waals surface area contributed by atoms with Crippen molar-refractivity contribution in [3.05, 3.63) is 35.4 Å². The number of rotatable bonds is 7. The number of benzene rings is 1. The van der Waals surface area contributed by atoms with Crippen molar-refractivity contribution < 1.29 is 14.7 Å². The van der Waals surface area contributed by atoms with Crippen molar-refractivity contribution in [3.8, 4) is 0 Å². The smallest absolute Gasteiger partial charge is 0.328 e. The van der Waals surface area contributed by atoms with E-state index in [2.05, 4.69) is 5.32 Å². The molecule has 0 fully saturated rings. The van der Waals surface area contributed by atoms with Crippen molar-refractivity contribution in [1.82, 2.24) is 5.32 Å². The SMILES string of the molecule is CCNC(=O)CN(CC)c1ccc(C=CC(=O)O)c(C)c1. The maximum atomic E-state index is 11.7. The van der Waals surface area contributed by atoms with Crippen LogP contribution in [0.1, 0.15) is 25.0 Å². The van der Waals surface area contributed by atoms with Crippen LogP contribution in [0.15, 0.2) is 24.3 Å². The van der Waals surface area contributed by atoms with Crippen LogP contribution in [-0.2, 0) is 9.59 Å². The minimum absolute atomic E-state index is 0.00754. The van der Waals surface area contributed by atoms with E-state index in [0.717, 1.165) is 29.4 Å². The molecule has 5 heteroatoms. The molecule has 114 valence electrons. The van der Waals surface area contributed by atoms with Gasteiger partial charge in [0.05, 0.1) is 6.54 Å². The number of carboxylic acids is 1. The van der Waals surface area contributed by atoms with Crippen LogP contribution < -0.4 is 10.2 Å². The van der Waals surface area contributed by atoms with Crippen LogP contribution in [0, 0.1) is 6.92 Å². The number of carbonyl (C=O) groups excluding carboxylic acids is 1. The van der Waals surface area contributed by atoms with Gasteiger partial charge in [-0.1, -0.05) is 6.07 Å². The molecule has 1 aromatic rings. The first-order chi connectivity index (χ1) is 9.97. The summed E-state index contributed by atoms with van der Waals surface area (Å²) in [6.07, 6.45) is 2.69. The third-order valence-corrected chi connectivity index (χ3v) is 3.11. The van der Waals surface area contributed by atoms with Crippen LogP contribution in [0.2, 0.25) is 0 Å². The van der Waals surface area contributed by atoms with Crippen molar-refractivity contribution in [1.29, 1.82) is 0 Å². The van der Waals surface area contributed by atoms with Gasteiger partial charge < -0.3 is 15.3 Å². The van der Waals surface area contributed by atoms with E-state index in [9.17, 15) is 9.59 Å². The summed E-state index contributed by atoms with van der Waals surface area (Å²) in [6, 6.07) is 5.73. The number of aliphatic carboxylic acids is 1. The van der Waals surface area contributed by atoms with Crippen LogP contribution in [0.5, 0.6) is 0 Å². The predicted molar refractivity (Wildman–Crippen MR) is 84.4 cm³/mol. The number of hydrogen-bond acceptors (Lipinski definition) is 3. The van der Waals surface area contributed by atoms with Gasteiger partial charge in [0.1, 0.15) is 0 Å². The molecule has 0 saturated heterocycles. The highest BCUT2D eigenvalue weighted by molar-refractivity contribution is 5.86. The Labute approximate surface area is 125 Å². The fourth-order valence-corrected chi connectivity index (χ4v) is 2.02. The molecular weight excluding hydrogens is 268 g/mol. The average Bonchev–Trinajstić information content (AvgIpc) is 2.43. The highest BCUT2D eigenvalue weighted by Gasteiger charge is 2.10. The van der Waals surface area contributed by atoms with E-state index in [1.165, 1.54) is 0 Å². The maximum Gasteiger partial charge on any atom is 0.328 e. The second-order valence-electron chi connectivity index (χ2n) is 4.68. The molecule has 0 saturated carbocycles. The Bertz CT molecular complexity index is 538. The zero-order chi connectivity index (χ0) is 15.8. The van der Waals surface area contributed by atoms with Gasteiger partial charge in [0.2, 0.25) is 5.91 Å². The molecule has 5 nitrogen and oxygen atoms in total. The summed E-state index contributed by atoms with van der Waals surface area (Å²) in [5.74, 6) is -0.975. The zero-order valence-electron chi connectivity index (χ0n) is 12.7. The molecular formula is C16H22N2O3. The fraction of sp³-hybridized carbons (Fsp3) is 0.375. The quantitative estimate of drug-likeness (QED) is 0.754. The molecule has 0 aliphatic heterocycles. The van der Waals surface area contributed by atoms with Crippen LogP contribution in [-0.4, -0.2) is 36.6 Å². The van der Waals surface area contributed by atoms with Gasteiger partial charge in [-0.05, 0) is 50.1 Å². The summed E-state index contributed by atoms with van der Waals surface area (Å²) in [5.41, 5.74) is 2.78. The van der Waals surface area contributed by atoms with E-state index in [-0.39, 0.29) is 5.91 Å². The molecule has 21 heavy (non-hydrogen) atoms. The van der Waals surface area contributed by atoms with Gasteiger partial charge in [0, 0.05) is 24.9 Å². The van der Waals surface area contributed by atoms with Crippen molar-refractivity contribution in [3.63, 3.8) is 0 Å². The second-order valence-corrected chi connectivity index (χ2v) is 4.68. The molecule has 0 heterocycles. The highest BCUT2D eigenvalue weighted by atomic mass is 16.4. The fourth-order valence-electron chi connectivity index (χ4n) is 2.02. The van der Waals surface area contributed by atoms with Gasteiger partial charge in [0.15, 0.2) is 0 Å². The topological polar surface area (TPSA) is 69.6 Å². The first-order valence-corrected chi connectivity index (χ1v) is 7.01. The number of nitrogens with zero attached hydrogens (tertiary/aromatic N) is 1. The maximum absolute atomic E-state index is 11.7. The number of anilines is 1. The van der Waals surface area contributed by atoms with E-state index >= 15 is 0 Å². The summed E-state index contributed by atoms with van der Waals surface area (Å²) in [4.78, 5) is 24.2. The number of hydrogen-bond donors (Lipinski definition) is 2. The lowest BCUT2D eigenvalue weighted by molar-refractivity contribution is -0.131. The van der Waals surface area contributed by atoms with Gasteiger partial charge in [-0.3, -0.25) is 4.79 Å². The van der Waals surface area contributed by atoms with Crippen LogP contribution in [0.25, 0.3) is 6.08 Å². The van der Waals surface area contributed by atoms with Gasteiger partial charge in [0.25, 0.3) is 0 Å². The summed E-state index contributed by atoms with van der Waals surface area (Å²) < 4.78 is 0. The first-order valence-electron chi connectivity index (χ1n) is 7.01. The lowest BCUT2D eigenvalue weighted by Crippen LogP contribution is -2.37.